The highest BCUT2D eigenvalue weighted by Crippen LogP contribution is 2.36. The zero-order chi connectivity index (χ0) is 12.6. The van der Waals surface area contributed by atoms with Crippen LogP contribution in [0.4, 0.5) is 10.7 Å². The number of rotatable bonds is 3. The second-order valence-electron chi connectivity index (χ2n) is 4.97. The summed E-state index contributed by atoms with van der Waals surface area (Å²) in [6.45, 7) is 6.61. The maximum atomic E-state index is 11.2. The minimum absolute atomic E-state index is 0.432. The molecule has 4 N–H and O–H groups in total. The van der Waals surface area contributed by atoms with E-state index in [9.17, 15) is 4.79 Å². The monoisotopic (exact) mass is 253 g/mol. The number of primary amides is 1. The van der Waals surface area contributed by atoms with Gasteiger partial charge in [-0.3, -0.25) is 4.79 Å². The molecule has 0 aromatic carbocycles. The van der Waals surface area contributed by atoms with E-state index in [-0.39, 0.29) is 0 Å². The molecule has 1 aliphatic rings. The Balaban J connectivity index is 2.14. The maximum Gasteiger partial charge on any atom is 0.260 e. The highest BCUT2D eigenvalue weighted by atomic mass is 32.1. The third-order valence-electron chi connectivity index (χ3n) is 3.45. The van der Waals surface area contributed by atoms with Gasteiger partial charge >= 0.3 is 0 Å². The summed E-state index contributed by atoms with van der Waals surface area (Å²) < 4.78 is 0. The molecule has 2 rings (SSSR count). The molecule has 0 aliphatic carbocycles. The summed E-state index contributed by atoms with van der Waals surface area (Å²) >= 11 is 1.41. The van der Waals surface area contributed by atoms with Gasteiger partial charge in [0.2, 0.25) is 0 Å². The van der Waals surface area contributed by atoms with Crippen LogP contribution in [0.15, 0.2) is 6.07 Å². The van der Waals surface area contributed by atoms with Crippen molar-refractivity contribution in [2.24, 2.45) is 17.6 Å². The topological polar surface area (TPSA) is 72.3 Å². The molecule has 2 heterocycles. The number of carbonyl (C=O) groups excluding carboxylic acids is 1. The molecule has 1 aliphatic heterocycles. The number of hydrogen-bond acceptors (Lipinski definition) is 4. The minimum Gasteiger partial charge on any atom is -0.397 e. The van der Waals surface area contributed by atoms with Crippen LogP contribution in [0.3, 0.4) is 0 Å². The fourth-order valence-corrected chi connectivity index (χ4v) is 3.24. The van der Waals surface area contributed by atoms with Crippen molar-refractivity contribution in [1.82, 2.24) is 0 Å². The summed E-state index contributed by atoms with van der Waals surface area (Å²) in [5.41, 5.74) is 11.6. The predicted molar refractivity (Wildman–Crippen MR) is 72.4 cm³/mol. The maximum absolute atomic E-state index is 11.2. The summed E-state index contributed by atoms with van der Waals surface area (Å²) in [6, 6.07) is 1.87. The lowest BCUT2D eigenvalue weighted by Crippen LogP contribution is -2.20. The molecular formula is C12H19N3OS. The first-order valence-electron chi connectivity index (χ1n) is 5.93. The molecule has 5 heteroatoms. The molecule has 94 valence electrons. The lowest BCUT2D eigenvalue weighted by molar-refractivity contribution is 0.100. The molecule has 4 nitrogen and oxygen atoms in total. The number of hydrogen-bond donors (Lipinski definition) is 2. The van der Waals surface area contributed by atoms with Gasteiger partial charge in [-0.15, -0.1) is 11.3 Å². The van der Waals surface area contributed by atoms with Crippen LogP contribution in [0, 0.1) is 11.8 Å². The molecule has 0 spiro atoms. The Morgan fingerprint density at radius 3 is 2.76 bits per heavy atom. The molecule has 1 aromatic heterocycles. The highest BCUT2D eigenvalue weighted by Gasteiger charge is 2.26. The number of amides is 1. The highest BCUT2D eigenvalue weighted by molar-refractivity contribution is 7.18. The Hall–Kier alpha value is -1.23. The zero-order valence-electron chi connectivity index (χ0n) is 10.3. The second kappa shape index (κ2) is 4.56. The smallest absolute Gasteiger partial charge is 0.260 e. The van der Waals surface area contributed by atoms with Crippen molar-refractivity contribution >= 4 is 27.9 Å². The Morgan fingerprint density at radius 2 is 2.29 bits per heavy atom. The van der Waals surface area contributed by atoms with E-state index in [2.05, 4.69) is 18.7 Å². The van der Waals surface area contributed by atoms with Gasteiger partial charge in [-0.05, 0) is 24.3 Å². The molecule has 1 atom stereocenters. The van der Waals surface area contributed by atoms with Crippen molar-refractivity contribution in [3.8, 4) is 0 Å². The predicted octanol–water partition coefficient (Wildman–Crippen LogP) is 1.91. The van der Waals surface area contributed by atoms with Gasteiger partial charge in [-0.1, -0.05) is 13.8 Å². The van der Waals surface area contributed by atoms with E-state index >= 15 is 0 Å². The van der Waals surface area contributed by atoms with Crippen LogP contribution >= 0.6 is 11.3 Å². The van der Waals surface area contributed by atoms with Gasteiger partial charge in [0, 0.05) is 13.1 Å². The largest absolute Gasteiger partial charge is 0.397 e. The van der Waals surface area contributed by atoms with Crippen molar-refractivity contribution in [1.29, 1.82) is 0 Å². The first kappa shape index (κ1) is 12.2. The van der Waals surface area contributed by atoms with E-state index in [1.807, 2.05) is 6.07 Å². The van der Waals surface area contributed by atoms with E-state index in [0.717, 1.165) is 24.0 Å². The van der Waals surface area contributed by atoms with Crippen molar-refractivity contribution in [2.75, 3.05) is 23.7 Å². The third-order valence-corrected chi connectivity index (χ3v) is 4.68. The van der Waals surface area contributed by atoms with Crippen LogP contribution in [-0.2, 0) is 0 Å². The first-order valence-corrected chi connectivity index (χ1v) is 6.74. The molecule has 0 radical (unpaired) electrons. The average molecular weight is 253 g/mol. The number of nitrogens with two attached hydrogens (primary N) is 2. The van der Waals surface area contributed by atoms with Crippen molar-refractivity contribution in [3.63, 3.8) is 0 Å². The van der Waals surface area contributed by atoms with Gasteiger partial charge in [-0.2, -0.15) is 0 Å². The SMILES string of the molecule is CC(C)C1CCN(c2cc(N)c(C(N)=O)s2)C1. The van der Waals surface area contributed by atoms with Crippen LogP contribution < -0.4 is 16.4 Å². The summed E-state index contributed by atoms with van der Waals surface area (Å²) in [5, 5.41) is 1.07. The molecule has 1 fully saturated rings. The summed E-state index contributed by atoms with van der Waals surface area (Å²) in [5.74, 6) is 1.00. The Kier molecular flexibility index (Phi) is 3.28. The molecular weight excluding hydrogens is 234 g/mol. The second-order valence-corrected chi connectivity index (χ2v) is 6.00. The van der Waals surface area contributed by atoms with Gasteiger partial charge < -0.3 is 16.4 Å². The Bertz CT molecular complexity index is 427. The van der Waals surface area contributed by atoms with E-state index in [4.69, 9.17) is 11.5 Å². The lowest BCUT2D eigenvalue weighted by Gasteiger charge is -2.17. The lowest BCUT2D eigenvalue weighted by atomic mass is 9.95. The minimum atomic E-state index is -0.432. The third kappa shape index (κ3) is 2.39. The first-order chi connectivity index (χ1) is 7.99. The fraction of sp³-hybridized carbons (Fsp3) is 0.583. The van der Waals surface area contributed by atoms with Crippen molar-refractivity contribution in [2.45, 2.75) is 20.3 Å². The fourth-order valence-electron chi connectivity index (χ4n) is 2.27. The van der Waals surface area contributed by atoms with Crippen LogP contribution in [0.2, 0.25) is 0 Å². The molecule has 1 amide bonds. The molecule has 1 unspecified atom stereocenters. The van der Waals surface area contributed by atoms with Crippen molar-refractivity contribution in [3.05, 3.63) is 10.9 Å². The van der Waals surface area contributed by atoms with Gasteiger partial charge in [-0.25, -0.2) is 0 Å². The van der Waals surface area contributed by atoms with Crippen LogP contribution in [0.25, 0.3) is 0 Å². The van der Waals surface area contributed by atoms with Gasteiger partial charge in [0.05, 0.1) is 10.7 Å². The van der Waals surface area contributed by atoms with Gasteiger partial charge in [0.25, 0.3) is 5.91 Å². The number of carbonyl (C=O) groups is 1. The average Bonchev–Trinajstić information content (AvgIpc) is 2.82. The zero-order valence-corrected chi connectivity index (χ0v) is 11.1. The number of anilines is 2. The standard InChI is InChI=1S/C12H19N3OS/c1-7(2)8-3-4-15(6-8)10-5-9(13)11(17-10)12(14)16/h5,7-8H,3-4,6,13H2,1-2H3,(H2,14,16). The van der Waals surface area contributed by atoms with Crippen LogP contribution in [0.5, 0.6) is 0 Å². The molecule has 1 aromatic rings. The van der Waals surface area contributed by atoms with Gasteiger partial charge in [0.1, 0.15) is 4.88 Å². The Morgan fingerprint density at radius 1 is 1.59 bits per heavy atom. The number of nitrogen functional groups attached to an aromatic ring is 1. The Labute approximate surface area is 106 Å². The molecule has 17 heavy (non-hydrogen) atoms. The quantitative estimate of drug-likeness (QED) is 0.864. The van der Waals surface area contributed by atoms with Crippen LogP contribution in [0.1, 0.15) is 29.9 Å². The van der Waals surface area contributed by atoms with Gasteiger partial charge in [0.15, 0.2) is 0 Å². The number of nitrogens with zero attached hydrogens (tertiary/aromatic N) is 1. The van der Waals surface area contributed by atoms with E-state index < -0.39 is 5.91 Å². The van der Waals surface area contributed by atoms with Crippen LogP contribution in [-0.4, -0.2) is 19.0 Å². The molecule has 0 bridgehead atoms. The number of thiophene rings is 1. The molecule has 1 saturated heterocycles. The molecule has 0 saturated carbocycles. The summed E-state index contributed by atoms with van der Waals surface area (Å²) in [7, 11) is 0. The van der Waals surface area contributed by atoms with E-state index in [1.54, 1.807) is 0 Å². The van der Waals surface area contributed by atoms with E-state index in [1.165, 1.54) is 17.8 Å². The summed E-state index contributed by atoms with van der Waals surface area (Å²) in [4.78, 5) is 13.9. The van der Waals surface area contributed by atoms with E-state index in [0.29, 0.717) is 16.5 Å². The normalized spacial score (nSPS) is 20.2. The summed E-state index contributed by atoms with van der Waals surface area (Å²) in [6.07, 6.45) is 1.21. The van der Waals surface area contributed by atoms with Crippen molar-refractivity contribution < 1.29 is 4.79 Å².